The lowest BCUT2D eigenvalue weighted by Crippen LogP contribution is -2.49. The number of rotatable bonds is 5. The Hall–Kier alpha value is -1.66. The van der Waals surface area contributed by atoms with Gasteiger partial charge in [-0.15, -0.1) is 0 Å². The molecule has 0 saturated carbocycles. The quantitative estimate of drug-likeness (QED) is 0.643. The van der Waals surface area contributed by atoms with E-state index in [2.05, 4.69) is 10.6 Å². The van der Waals surface area contributed by atoms with Gasteiger partial charge in [-0.1, -0.05) is 18.5 Å². The maximum atomic E-state index is 12.1. The summed E-state index contributed by atoms with van der Waals surface area (Å²) < 4.78 is 0. The molecule has 0 bridgehead atoms. The monoisotopic (exact) mass is 285 g/mol. The molecule has 0 heterocycles. The number of nitrogens with zero attached hydrogens (tertiary/aromatic N) is 1. The lowest BCUT2D eigenvalue weighted by atomic mass is 10.0. The number of carbonyl (C=O) groups is 1. The van der Waals surface area contributed by atoms with E-state index in [1.807, 2.05) is 6.92 Å². The highest BCUT2D eigenvalue weighted by atomic mass is 35.5. The summed E-state index contributed by atoms with van der Waals surface area (Å²) in [5.74, 6) is -0.347. The third-order valence-electron chi connectivity index (χ3n) is 2.59. The van der Waals surface area contributed by atoms with Crippen LogP contribution in [0.5, 0.6) is 0 Å². The Labute approximate surface area is 116 Å². The van der Waals surface area contributed by atoms with Gasteiger partial charge in [0.2, 0.25) is 5.91 Å². The molecule has 0 aliphatic heterocycles. The van der Waals surface area contributed by atoms with E-state index < -0.39 is 10.5 Å². The second-order valence-electron chi connectivity index (χ2n) is 4.53. The van der Waals surface area contributed by atoms with Crippen molar-refractivity contribution in [1.82, 2.24) is 5.32 Å². The summed E-state index contributed by atoms with van der Waals surface area (Å²) >= 11 is 5.71. The number of benzene rings is 1. The van der Waals surface area contributed by atoms with Crippen molar-refractivity contribution >= 4 is 28.9 Å². The largest absolute Gasteiger partial charge is 0.319 e. The summed E-state index contributed by atoms with van der Waals surface area (Å²) in [5, 5.41) is 16.7. The number of halogens is 1. The number of nitro groups is 1. The van der Waals surface area contributed by atoms with E-state index in [4.69, 9.17) is 11.6 Å². The number of nitro benzene ring substituents is 1. The van der Waals surface area contributed by atoms with Crippen LogP contribution in [0, 0.1) is 10.1 Å². The second kappa shape index (κ2) is 5.99. The molecule has 0 aliphatic rings. The van der Waals surface area contributed by atoms with Gasteiger partial charge in [0.15, 0.2) is 0 Å². The molecule has 1 amide bonds. The van der Waals surface area contributed by atoms with Crippen LogP contribution in [0.3, 0.4) is 0 Å². The summed E-state index contributed by atoms with van der Waals surface area (Å²) in [4.78, 5) is 22.4. The summed E-state index contributed by atoms with van der Waals surface area (Å²) in [6.45, 7) is 5.89. The van der Waals surface area contributed by atoms with Crippen LogP contribution in [-0.4, -0.2) is 22.9 Å². The highest BCUT2D eigenvalue weighted by Gasteiger charge is 2.28. The number of carbonyl (C=O) groups excluding carboxylic acids is 1. The van der Waals surface area contributed by atoms with Crippen molar-refractivity contribution in [3.63, 3.8) is 0 Å². The van der Waals surface area contributed by atoms with E-state index in [1.165, 1.54) is 18.2 Å². The summed E-state index contributed by atoms with van der Waals surface area (Å²) in [5.41, 5.74) is -0.916. The zero-order chi connectivity index (χ0) is 14.6. The Morgan fingerprint density at radius 3 is 2.63 bits per heavy atom. The fourth-order valence-corrected chi connectivity index (χ4v) is 1.73. The maximum Gasteiger partial charge on any atom is 0.294 e. The molecule has 0 fully saturated rings. The molecule has 104 valence electrons. The van der Waals surface area contributed by atoms with Gasteiger partial charge in [-0.2, -0.15) is 0 Å². The molecular weight excluding hydrogens is 270 g/mol. The van der Waals surface area contributed by atoms with Gasteiger partial charge in [0.25, 0.3) is 5.69 Å². The summed E-state index contributed by atoms with van der Waals surface area (Å²) in [6, 6.07) is 4.11. The fraction of sp³-hybridized carbons (Fsp3) is 0.417. The Morgan fingerprint density at radius 2 is 2.11 bits per heavy atom. The van der Waals surface area contributed by atoms with Crippen molar-refractivity contribution in [3.8, 4) is 0 Å². The van der Waals surface area contributed by atoms with Gasteiger partial charge in [0.1, 0.15) is 5.69 Å². The topological polar surface area (TPSA) is 84.3 Å². The van der Waals surface area contributed by atoms with Crippen molar-refractivity contribution < 1.29 is 9.72 Å². The van der Waals surface area contributed by atoms with E-state index in [9.17, 15) is 14.9 Å². The van der Waals surface area contributed by atoms with Crippen LogP contribution in [0.2, 0.25) is 5.02 Å². The second-order valence-corrected chi connectivity index (χ2v) is 4.96. The lowest BCUT2D eigenvalue weighted by molar-refractivity contribution is -0.383. The molecule has 2 N–H and O–H groups in total. The molecular formula is C12H16ClN3O3. The van der Waals surface area contributed by atoms with Crippen molar-refractivity contribution in [2.24, 2.45) is 0 Å². The minimum absolute atomic E-state index is 0.130. The van der Waals surface area contributed by atoms with Crippen LogP contribution < -0.4 is 10.6 Å². The molecule has 7 heteroatoms. The molecule has 0 saturated heterocycles. The van der Waals surface area contributed by atoms with Crippen molar-refractivity contribution in [1.29, 1.82) is 0 Å². The molecule has 1 aromatic carbocycles. The average Bonchev–Trinajstić information content (AvgIpc) is 2.30. The minimum Gasteiger partial charge on any atom is -0.319 e. The molecule has 0 radical (unpaired) electrons. The number of anilines is 1. The van der Waals surface area contributed by atoms with E-state index in [0.29, 0.717) is 6.54 Å². The van der Waals surface area contributed by atoms with E-state index >= 15 is 0 Å². The highest BCUT2D eigenvalue weighted by molar-refractivity contribution is 6.31. The number of nitrogens with one attached hydrogen (secondary N) is 2. The Bertz CT molecular complexity index is 503. The predicted molar refractivity (Wildman–Crippen MR) is 74.5 cm³/mol. The molecule has 1 rings (SSSR count). The van der Waals surface area contributed by atoms with Gasteiger partial charge in [-0.25, -0.2) is 0 Å². The summed E-state index contributed by atoms with van der Waals surface area (Å²) in [7, 11) is 0. The molecule has 1 aromatic rings. The molecule has 19 heavy (non-hydrogen) atoms. The summed E-state index contributed by atoms with van der Waals surface area (Å²) in [6.07, 6.45) is 0. The van der Waals surface area contributed by atoms with E-state index in [-0.39, 0.29) is 22.3 Å². The first kappa shape index (κ1) is 15.4. The Kier molecular flexibility index (Phi) is 4.85. The van der Waals surface area contributed by atoms with Gasteiger partial charge in [0, 0.05) is 11.1 Å². The minimum atomic E-state index is -0.817. The highest BCUT2D eigenvalue weighted by Crippen LogP contribution is 2.28. The smallest absolute Gasteiger partial charge is 0.294 e. The molecule has 6 nitrogen and oxygen atoms in total. The first-order chi connectivity index (χ1) is 8.77. The van der Waals surface area contributed by atoms with Crippen LogP contribution in [0.15, 0.2) is 18.2 Å². The van der Waals surface area contributed by atoms with Gasteiger partial charge in [0.05, 0.1) is 10.5 Å². The predicted octanol–water partition coefficient (Wildman–Crippen LogP) is 2.57. The normalized spacial score (nSPS) is 11.2. The molecule has 0 spiro atoms. The number of amides is 1. The average molecular weight is 286 g/mol. The van der Waals surface area contributed by atoms with Crippen molar-refractivity contribution in [2.45, 2.75) is 26.3 Å². The standard InChI is InChI=1S/C12H16ClN3O3/c1-4-14-12(2,3)11(17)15-9-6-5-8(13)7-10(9)16(18)19/h5-7,14H,4H2,1-3H3,(H,15,17). The number of hydrogen-bond acceptors (Lipinski definition) is 4. The molecule has 0 aliphatic carbocycles. The molecule has 0 atom stereocenters. The van der Waals surface area contributed by atoms with Gasteiger partial charge in [-0.05, 0) is 32.5 Å². The van der Waals surface area contributed by atoms with Crippen molar-refractivity contribution in [3.05, 3.63) is 33.3 Å². The number of hydrogen-bond donors (Lipinski definition) is 2. The van der Waals surface area contributed by atoms with E-state index in [0.717, 1.165) is 0 Å². The molecule has 0 aromatic heterocycles. The van der Waals surface area contributed by atoms with Crippen LogP contribution >= 0.6 is 11.6 Å². The Balaban J connectivity index is 3.00. The third-order valence-corrected chi connectivity index (χ3v) is 2.83. The fourth-order valence-electron chi connectivity index (χ4n) is 1.56. The first-order valence-corrected chi connectivity index (χ1v) is 6.16. The Morgan fingerprint density at radius 1 is 1.47 bits per heavy atom. The van der Waals surface area contributed by atoms with Gasteiger partial charge in [-0.3, -0.25) is 14.9 Å². The van der Waals surface area contributed by atoms with Gasteiger partial charge < -0.3 is 10.6 Å². The van der Waals surface area contributed by atoms with Gasteiger partial charge >= 0.3 is 0 Å². The van der Waals surface area contributed by atoms with Crippen LogP contribution in [0.4, 0.5) is 11.4 Å². The zero-order valence-electron chi connectivity index (χ0n) is 11.0. The molecule has 0 unspecified atom stereocenters. The van der Waals surface area contributed by atoms with E-state index in [1.54, 1.807) is 13.8 Å². The third kappa shape index (κ3) is 3.90. The zero-order valence-corrected chi connectivity index (χ0v) is 11.7. The lowest BCUT2D eigenvalue weighted by Gasteiger charge is -2.24. The van der Waals surface area contributed by atoms with Crippen LogP contribution in [0.25, 0.3) is 0 Å². The number of likely N-dealkylation sites (N-methyl/N-ethyl adjacent to an activating group) is 1. The SMILES string of the molecule is CCNC(C)(C)C(=O)Nc1ccc(Cl)cc1[N+](=O)[O-]. The first-order valence-electron chi connectivity index (χ1n) is 5.78. The van der Waals surface area contributed by atoms with Crippen molar-refractivity contribution in [2.75, 3.05) is 11.9 Å². The van der Waals surface area contributed by atoms with Crippen LogP contribution in [-0.2, 0) is 4.79 Å². The maximum absolute atomic E-state index is 12.1. The van der Waals surface area contributed by atoms with Crippen LogP contribution in [0.1, 0.15) is 20.8 Å².